The molecule has 3 aliphatic rings. The van der Waals surface area contributed by atoms with Gasteiger partial charge in [0.25, 0.3) is 0 Å². The SMILES string of the molecule is CC(CC1COCCN1)=C1CCOC2(CCCCC2)C1. The van der Waals surface area contributed by atoms with E-state index in [0.717, 1.165) is 39.2 Å². The van der Waals surface area contributed by atoms with E-state index in [1.165, 1.54) is 38.5 Å². The molecule has 1 spiro atoms. The molecule has 0 radical (unpaired) electrons. The average molecular weight is 279 g/mol. The van der Waals surface area contributed by atoms with Crippen molar-refractivity contribution in [2.75, 3.05) is 26.4 Å². The predicted octanol–water partition coefficient (Wildman–Crippen LogP) is 3.19. The van der Waals surface area contributed by atoms with Crippen molar-refractivity contribution in [2.24, 2.45) is 0 Å². The molecule has 1 aliphatic carbocycles. The summed E-state index contributed by atoms with van der Waals surface area (Å²) in [6.45, 7) is 5.99. The number of hydrogen-bond acceptors (Lipinski definition) is 3. The summed E-state index contributed by atoms with van der Waals surface area (Å²) in [4.78, 5) is 0. The van der Waals surface area contributed by atoms with E-state index >= 15 is 0 Å². The lowest BCUT2D eigenvalue weighted by atomic mass is 9.77. The summed E-state index contributed by atoms with van der Waals surface area (Å²) in [6.07, 6.45) is 10.1. The third-order valence-corrected chi connectivity index (χ3v) is 5.27. The summed E-state index contributed by atoms with van der Waals surface area (Å²) in [5, 5.41) is 3.57. The maximum Gasteiger partial charge on any atom is 0.0719 e. The lowest BCUT2D eigenvalue weighted by molar-refractivity contribution is -0.0843. The summed E-state index contributed by atoms with van der Waals surface area (Å²) < 4.78 is 11.8. The minimum Gasteiger partial charge on any atom is -0.379 e. The van der Waals surface area contributed by atoms with E-state index in [9.17, 15) is 0 Å². The quantitative estimate of drug-likeness (QED) is 0.787. The molecule has 3 fully saturated rings. The Balaban J connectivity index is 1.63. The highest BCUT2D eigenvalue weighted by atomic mass is 16.5. The Morgan fingerprint density at radius 1 is 1.25 bits per heavy atom. The molecule has 3 nitrogen and oxygen atoms in total. The second kappa shape index (κ2) is 6.59. The molecule has 20 heavy (non-hydrogen) atoms. The van der Waals surface area contributed by atoms with Crippen molar-refractivity contribution in [1.29, 1.82) is 0 Å². The number of ether oxygens (including phenoxy) is 2. The molecule has 0 aromatic heterocycles. The summed E-state index contributed by atoms with van der Waals surface area (Å²) in [7, 11) is 0. The zero-order valence-corrected chi connectivity index (χ0v) is 12.9. The molecule has 0 amide bonds. The summed E-state index contributed by atoms with van der Waals surface area (Å²) >= 11 is 0. The third kappa shape index (κ3) is 3.44. The van der Waals surface area contributed by atoms with Gasteiger partial charge in [-0.05, 0) is 39.0 Å². The fourth-order valence-corrected chi connectivity index (χ4v) is 4.07. The van der Waals surface area contributed by atoms with Gasteiger partial charge in [0.05, 0.1) is 25.4 Å². The van der Waals surface area contributed by atoms with Gasteiger partial charge in [-0.1, -0.05) is 30.4 Å². The molecule has 1 unspecified atom stereocenters. The van der Waals surface area contributed by atoms with Crippen LogP contribution in [0.2, 0.25) is 0 Å². The van der Waals surface area contributed by atoms with Gasteiger partial charge in [0, 0.05) is 12.6 Å². The molecule has 3 rings (SSSR count). The fraction of sp³-hybridized carbons (Fsp3) is 0.882. The van der Waals surface area contributed by atoms with Crippen LogP contribution in [0, 0.1) is 0 Å². The van der Waals surface area contributed by atoms with Crippen molar-refractivity contribution >= 4 is 0 Å². The predicted molar refractivity (Wildman–Crippen MR) is 80.9 cm³/mol. The zero-order chi connectivity index (χ0) is 13.8. The number of rotatable bonds is 2. The van der Waals surface area contributed by atoms with Gasteiger partial charge in [-0.15, -0.1) is 0 Å². The van der Waals surface area contributed by atoms with E-state index in [0.29, 0.717) is 6.04 Å². The van der Waals surface area contributed by atoms with E-state index in [1.54, 1.807) is 11.1 Å². The highest BCUT2D eigenvalue weighted by molar-refractivity contribution is 5.18. The van der Waals surface area contributed by atoms with Gasteiger partial charge in [-0.3, -0.25) is 0 Å². The van der Waals surface area contributed by atoms with Crippen LogP contribution in [0.5, 0.6) is 0 Å². The van der Waals surface area contributed by atoms with Crippen molar-refractivity contribution in [2.45, 2.75) is 69.9 Å². The Hall–Kier alpha value is -0.380. The number of nitrogens with one attached hydrogen (secondary N) is 1. The van der Waals surface area contributed by atoms with Crippen LogP contribution in [0.3, 0.4) is 0 Å². The molecule has 2 heterocycles. The van der Waals surface area contributed by atoms with Gasteiger partial charge in [-0.25, -0.2) is 0 Å². The van der Waals surface area contributed by atoms with Gasteiger partial charge >= 0.3 is 0 Å². The molecular formula is C17H29NO2. The van der Waals surface area contributed by atoms with E-state index < -0.39 is 0 Å². The number of hydrogen-bond donors (Lipinski definition) is 1. The topological polar surface area (TPSA) is 30.5 Å². The monoisotopic (exact) mass is 279 g/mol. The minimum absolute atomic E-state index is 0.198. The second-order valence-electron chi connectivity index (χ2n) is 6.83. The summed E-state index contributed by atoms with van der Waals surface area (Å²) in [5.41, 5.74) is 3.45. The molecule has 0 bridgehead atoms. The standard InChI is InChI=1S/C17H29NO2/c1-14(11-16-13-19-10-8-18-16)15-5-9-20-17(12-15)6-3-2-4-7-17/h16,18H,2-13H2,1H3. The van der Waals surface area contributed by atoms with Gasteiger partial charge in [-0.2, -0.15) is 0 Å². The molecule has 2 saturated heterocycles. The van der Waals surface area contributed by atoms with Crippen LogP contribution in [0.15, 0.2) is 11.1 Å². The fourth-order valence-electron chi connectivity index (χ4n) is 4.07. The summed E-state index contributed by atoms with van der Waals surface area (Å²) in [5.74, 6) is 0. The largest absolute Gasteiger partial charge is 0.379 e. The lowest BCUT2D eigenvalue weighted by Crippen LogP contribution is -2.42. The Labute approximate surface area is 123 Å². The van der Waals surface area contributed by atoms with Crippen molar-refractivity contribution in [1.82, 2.24) is 5.32 Å². The first kappa shape index (κ1) is 14.6. The second-order valence-corrected chi connectivity index (χ2v) is 6.83. The van der Waals surface area contributed by atoms with Crippen LogP contribution >= 0.6 is 0 Å². The van der Waals surface area contributed by atoms with E-state index in [1.807, 2.05) is 0 Å². The highest BCUT2D eigenvalue weighted by Crippen LogP contribution is 2.41. The van der Waals surface area contributed by atoms with Gasteiger partial charge in [0.2, 0.25) is 0 Å². The van der Waals surface area contributed by atoms with Crippen LogP contribution < -0.4 is 5.32 Å². The van der Waals surface area contributed by atoms with Crippen LogP contribution in [0.4, 0.5) is 0 Å². The molecular weight excluding hydrogens is 250 g/mol. The molecule has 114 valence electrons. The van der Waals surface area contributed by atoms with Crippen molar-refractivity contribution in [3.63, 3.8) is 0 Å². The Bertz CT molecular complexity index is 346. The Morgan fingerprint density at radius 2 is 2.10 bits per heavy atom. The maximum absolute atomic E-state index is 6.20. The smallest absolute Gasteiger partial charge is 0.0719 e. The molecule has 1 N–H and O–H groups in total. The molecule has 1 atom stereocenters. The summed E-state index contributed by atoms with van der Waals surface area (Å²) in [6, 6.07) is 0.515. The first-order valence-corrected chi connectivity index (χ1v) is 8.40. The van der Waals surface area contributed by atoms with E-state index in [4.69, 9.17) is 9.47 Å². The number of morpholine rings is 1. The Kier molecular flexibility index (Phi) is 4.79. The van der Waals surface area contributed by atoms with E-state index in [2.05, 4.69) is 12.2 Å². The van der Waals surface area contributed by atoms with Crippen LogP contribution in [0.25, 0.3) is 0 Å². The molecule has 0 aromatic carbocycles. The normalized spacial score (nSPS) is 33.1. The van der Waals surface area contributed by atoms with Crippen LogP contribution in [-0.4, -0.2) is 38.0 Å². The third-order valence-electron chi connectivity index (χ3n) is 5.27. The lowest BCUT2D eigenvalue weighted by Gasteiger charge is -2.42. The van der Waals surface area contributed by atoms with E-state index in [-0.39, 0.29) is 5.60 Å². The van der Waals surface area contributed by atoms with Gasteiger partial charge < -0.3 is 14.8 Å². The maximum atomic E-state index is 6.20. The first-order chi connectivity index (χ1) is 9.77. The zero-order valence-electron chi connectivity index (χ0n) is 12.9. The first-order valence-electron chi connectivity index (χ1n) is 8.40. The van der Waals surface area contributed by atoms with Gasteiger partial charge in [0.1, 0.15) is 0 Å². The molecule has 3 heteroatoms. The minimum atomic E-state index is 0.198. The average Bonchev–Trinajstić information content (AvgIpc) is 2.49. The molecule has 0 aromatic rings. The van der Waals surface area contributed by atoms with Crippen molar-refractivity contribution in [3.8, 4) is 0 Å². The van der Waals surface area contributed by atoms with Crippen LogP contribution in [-0.2, 0) is 9.47 Å². The van der Waals surface area contributed by atoms with Crippen molar-refractivity contribution < 1.29 is 9.47 Å². The molecule has 2 aliphatic heterocycles. The molecule has 1 saturated carbocycles. The highest BCUT2D eigenvalue weighted by Gasteiger charge is 2.36. The van der Waals surface area contributed by atoms with Gasteiger partial charge in [0.15, 0.2) is 0 Å². The Morgan fingerprint density at radius 3 is 2.85 bits per heavy atom. The van der Waals surface area contributed by atoms with Crippen LogP contribution in [0.1, 0.15) is 58.3 Å². The van der Waals surface area contributed by atoms with Crippen molar-refractivity contribution in [3.05, 3.63) is 11.1 Å².